The average Bonchev–Trinajstić information content (AvgIpc) is 2.59. The zero-order chi connectivity index (χ0) is 21.4. The summed E-state index contributed by atoms with van der Waals surface area (Å²) in [6.45, 7) is 0. The molecule has 2 aromatic heterocycles. The van der Waals surface area contributed by atoms with Gasteiger partial charge < -0.3 is 11.1 Å². The first-order valence-electron chi connectivity index (χ1n) is 7.76. The second-order valence-corrected chi connectivity index (χ2v) is 7.84. The zero-order valence-corrected chi connectivity index (χ0v) is 15.4. The summed E-state index contributed by atoms with van der Waals surface area (Å²) in [5.41, 5.74) is 4.20. The van der Waals surface area contributed by atoms with Crippen molar-refractivity contribution in [3.63, 3.8) is 0 Å². The van der Waals surface area contributed by atoms with Crippen molar-refractivity contribution in [2.24, 2.45) is 0 Å². The van der Waals surface area contributed by atoms with Crippen molar-refractivity contribution in [2.45, 2.75) is 11.1 Å². The van der Waals surface area contributed by atoms with Crippen LogP contribution in [-0.2, 0) is 16.0 Å². The van der Waals surface area contributed by atoms with Crippen molar-refractivity contribution in [3.05, 3.63) is 47.9 Å². The molecule has 8 nitrogen and oxygen atoms in total. The van der Waals surface area contributed by atoms with Crippen molar-refractivity contribution < 1.29 is 26.0 Å². The van der Waals surface area contributed by atoms with E-state index in [-0.39, 0.29) is 34.0 Å². The Morgan fingerprint density at radius 2 is 1.76 bits per heavy atom. The lowest BCUT2D eigenvalue weighted by Gasteiger charge is -2.10. The fourth-order valence-corrected chi connectivity index (χ4v) is 2.93. The zero-order valence-electron chi connectivity index (χ0n) is 14.6. The van der Waals surface area contributed by atoms with Crippen LogP contribution < -0.4 is 11.1 Å². The van der Waals surface area contributed by atoms with Crippen LogP contribution in [-0.4, -0.2) is 34.6 Å². The van der Waals surface area contributed by atoms with Crippen LogP contribution in [0.15, 0.2) is 41.3 Å². The largest absolute Gasteiger partial charge is 0.433 e. The van der Waals surface area contributed by atoms with Crippen molar-refractivity contribution in [1.82, 2.24) is 19.9 Å². The van der Waals surface area contributed by atoms with E-state index >= 15 is 0 Å². The van der Waals surface area contributed by atoms with E-state index in [4.69, 9.17) is 5.73 Å². The quantitative estimate of drug-likeness (QED) is 0.608. The molecule has 0 bridgehead atoms. The summed E-state index contributed by atoms with van der Waals surface area (Å²) < 4.78 is 75.6. The Morgan fingerprint density at radius 3 is 2.41 bits per heavy atom. The van der Waals surface area contributed by atoms with Gasteiger partial charge in [0.25, 0.3) is 0 Å². The smallest absolute Gasteiger partial charge is 0.368 e. The third-order valence-corrected chi connectivity index (χ3v) is 4.57. The van der Waals surface area contributed by atoms with Gasteiger partial charge in [0, 0.05) is 11.9 Å². The van der Waals surface area contributed by atoms with Crippen molar-refractivity contribution in [1.29, 1.82) is 0 Å². The van der Waals surface area contributed by atoms with Crippen LogP contribution in [0.25, 0.3) is 11.5 Å². The van der Waals surface area contributed by atoms with E-state index in [9.17, 15) is 26.0 Å². The summed E-state index contributed by atoms with van der Waals surface area (Å²) in [4.78, 5) is 14.6. The minimum absolute atomic E-state index is 0.0148. The second kappa shape index (κ2) is 7.24. The third-order valence-electron chi connectivity index (χ3n) is 3.48. The lowest BCUT2D eigenvalue weighted by molar-refractivity contribution is -0.141. The monoisotopic (exact) mass is 428 g/mol. The van der Waals surface area contributed by atoms with Gasteiger partial charge in [-0.25, -0.2) is 17.8 Å². The number of anilines is 3. The summed E-state index contributed by atoms with van der Waals surface area (Å²) in [5.74, 6) is -1.67. The summed E-state index contributed by atoms with van der Waals surface area (Å²) in [5, 5.41) is 2.56. The van der Waals surface area contributed by atoms with E-state index in [1.807, 2.05) is 0 Å². The highest BCUT2D eigenvalue weighted by molar-refractivity contribution is 7.90. The molecule has 3 aromatic rings. The van der Waals surface area contributed by atoms with Gasteiger partial charge in [0.1, 0.15) is 17.2 Å². The average molecular weight is 428 g/mol. The molecule has 0 radical (unpaired) electrons. The Hall–Kier alpha value is -3.35. The third kappa shape index (κ3) is 4.93. The standard InChI is InChI=1S/C16H12F4N6O2S/c1-29(27,28)10-6-8(17)5-9(7-10)22-15-25-13(24-14(21)26-15)11-3-2-4-12(23-11)16(18,19)20/h2-7H,1H3,(H3,21,22,24,25,26). The number of hydrogen-bond donors (Lipinski definition) is 2. The molecule has 0 saturated heterocycles. The molecule has 0 spiro atoms. The predicted octanol–water partition coefficient (Wildman–Crippen LogP) is 2.82. The van der Waals surface area contributed by atoms with Crippen LogP contribution in [0.2, 0.25) is 0 Å². The molecule has 3 rings (SSSR count). The normalized spacial score (nSPS) is 12.0. The predicted molar refractivity (Wildman–Crippen MR) is 95.3 cm³/mol. The van der Waals surface area contributed by atoms with Crippen molar-refractivity contribution >= 4 is 27.4 Å². The minimum Gasteiger partial charge on any atom is -0.368 e. The number of aromatic nitrogens is 4. The number of pyridine rings is 1. The molecule has 13 heteroatoms. The maximum atomic E-state index is 13.7. The summed E-state index contributed by atoms with van der Waals surface area (Å²) in [6.07, 6.45) is -3.76. The number of nitrogen functional groups attached to an aromatic ring is 1. The molecule has 0 saturated carbocycles. The van der Waals surface area contributed by atoms with E-state index in [0.717, 1.165) is 36.6 Å². The Bertz CT molecular complexity index is 1180. The van der Waals surface area contributed by atoms with E-state index in [0.29, 0.717) is 0 Å². The first-order chi connectivity index (χ1) is 13.4. The van der Waals surface area contributed by atoms with E-state index in [1.165, 1.54) is 6.07 Å². The maximum absolute atomic E-state index is 13.7. The molecular formula is C16H12F4N6O2S. The molecule has 152 valence electrons. The minimum atomic E-state index is -4.67. The lowest BCUT2D eigenvalue weighted by atomic mass is 10.3. The summed E-state index contributed by atoms with van der Waals surface area (Å²) in [7, 11) is -3.69. The topological polar surface area (TPSA) is 124 Å². The highest BCUT2D eigenvalue weighted by atomic mass is 32.2. The molecule has 1 aromatic carbocycles. The molecule has 2 heterocycles. The Kier molecular flexibility index (Phi) is 5.09. The van der Waals surface area contributed by atoms with Crippen LogP contribution in [0.5, 0.6) is 0 Å². The molecule has 0 atom stereocenters. The molecule has 0 fully saturated rings. The van der Waals surface area contributed by atoms with Gasteiger partial charge in [-0.3, -0.25) is 0 Å². The Labute approximate surface area is 161 Å². The van der Waals surface area contributed by atoms with Gasteiger partial charge in [-0.15, -0.1) is 0 Å². The number of nitrogens with one attached hydrogen (secondary N) is 1. The summed E-state index contributed by atoms with van der Waals surface area (Å²) in [6, 6.07) is 6.12. The summed E-state index contributed by atoms with van der Waals surface area (Å²) >= 11 is 0. The Balaban J connectivity index is 2.00. The number of hydrogen-bond acceptors (Lipinski definition) is 8. The van der Waals surface area contributed by atoms with Gasteiger partial charge in [0.15, 0.2) is 15.7 Å². The number of sulfone groups is 1. The Morgan fingerprint density at radius 1 is 1.03 bits per heavy atom. The van der Waals surface area contributed by atoms with E-state index in [2.05, 4.69) is 25.3 Å². The molecule has 0 unspecified atom stereocenters. The second-order valence-electron chi connectivity index (χ2n) is 5.82. The number of nitrogens with zero attached hydrogens (tertiary/aromatic N) is 4. The number of benzene rings is 1. The SMILES string of the molecule is CS(=O)(=O)c1cc(F)cc(Nc2nc(N)nc(-c3cccc(C(F)(F)F)n3)n2)c1. The van der Waals surface area contributed by atoms with Crippen LogP contribution in [0.1, 0.15) is 5.69 Å². The molecule has 3 N–H and O–H groups in total. The van der Waals surface area contributed by atoms with Gasteiger partial charge in [-0.2, -0.15) is 28.1 Å². The van der Waals surface area contributed by atoms with Gasteiger partial charge in [-0.05, 0) is 30.3 Å². The molecule has 0 aliphatic heterocycles. The first-order valence-corrected chi connectivity index (χ1v) is 9.65. The molecular weight excluding hydrogens is 416 g/mol. The highest BCUT2D eigenvalue weighted by Crippen LogP contribution is 2.29. The van der Waals surface area contributed by atoms with Crippen LogP contribution >= 0.6 is 0 Å². The first kappa shape index (κ1) is 20.4. The highest BCUT2D eigenvalue weighted by Gasteiger charge is 2.32. The molecule has 0 aliphatic rings. The van der Waals surface area contributed by atoms with Crippen molar-refractivity contribution in [2.75, 3.05) is 17.3 Å². The number of halogens is 4. The molecule has 0 amide bonds. The van der Waals surface area contributed by atoms with Crippen LogP contribution in [0.3, 0.4) is 0 Å². The van der Waals surface area contributed by atoms with Gasteiger partial charge in [0.2, 0.25) is 11.9 Å². The fraction of sp³-hybridized carbons (Fsp3) is 0.125. The van der Waals surface area contributed by atoms with Gasteiger partial charge in [-0.1, -0.05) is 6.07 Å². The van der Waals surface area contributed by atoms with Crippen molar-refractivity contribution in [3.8, 4) is 11.5 Å². The maximum Gasteiger partial charge on any atom is 0.433 e. The van der Waals surface area contributed by atoms with E-state index in [1.54, 1.807) is 0 Å². The number of alkyl halides is 3. The number of nitrogens with two attached hydrogens (primary N) is 1. The van der Waals surface area contributed by atoms with Crippen LogP contribution in [0, 0.1) is 5.82 Å². The van der Waals surface area contributed by atoms with E-state index < -0.39 is 27.5 Å². The fourth-order valence-electron chi connectivity index (χ4n) is 2.26. The van der Waals surface area contributed by atoms with Crippen LogP contribution in [0.4, 0.5) is 35.1 Å². The number of rotatable bonds is 4. The van der Waals surface area contributed by atoms with Gasteiger partial charge >= 0.3 is 6.18 Å². The molecule has 0 aliphatic carbocycles. The van der Waals surface area contributed by atoms with Gasteiger partial charge in [0.05, 0.1) is 4.90 Å². The molecule has 29 heavy (non-hydrogen) atoms. The lowest BCUT2D eigenvalue weighted by Crippen LogP contribution is -2.10.